The summed E-state index contributed by atoms with van der Waals surface area (Å²) < 4.78 is 5.37. The van der Waals surface area contributed by atoms with Gasteiger partial charge in [0.15, 0.2) is 0 Å². The molecule has 1 fully saturated rings. The molecule has 2 heteroatoms. The van der Waals surface area contributed by atoms with Crippen molar-refractivity contribution in [3.63, 3.8) is 0 Å². The van der Waals surface area contributed by atoms with Crippen molar-refractivity contribution in [3.8, 4) is 0 Å². The molecule has 84 valence electrons. The Labute approximate surface area is 88.4 Å². The number of hydrogen-bond donors (Lipinski definition) is 1. The van der Waals surface area contributed by atoms with Crippen LogP contribution in [0.3, 0.4) is 0 Å². The van der Waals surface area contributed by atoms with E-state index < -0.39 is 0 Å². The van der Waals surface area contributed by atoms with Gasteiger partial charge in [0.1, 0.15) is 0 Å². The summed E-state index contributed by atoms with van der Waals surface area (Å²) in [6, 6.07) is 0.511. The molecule has 1 aliphatic carbocycles. The van der Waals surface area contributed by atoms with Crippen molar-refractivity contribution >= 4 is 0 Å². The van der Waals surface area contributed by atoms with Crippen LogP contribution >= 0.6 is 0 Å². The predicted molar refractivity (Wildman–Crippen MR) is 60.5 cm³/mol. The third-order valence-electron chi connectivity index (χ3n) is 3.05. The van der Waals surface area contributed by atoms with E-state index in [-0.39, 0.29) is 0 Å². The highest BCUT2D eigenvalue weighted by molar-refractivity contribution is 4.70. The quantitative estimate of drug-likeness (QED) is 0.710. The third kappa shape index (κ3) is 4.97. The smallest absolute Gasteiger partial charge is 0.0616 e. The minimum Gasteiger partial charge on any atom is -0.380 e. The molecule has 1 N–H and O–H groups in total. The Kier molecular flexibility index (Phi) is 6.20. The van der Waals surface area contributed by atoms with Gasteiger partial charge >= 0.3 is 0 Å². The van der Waals surface area contributed by atoms with Crippen LogP contribution in [0.25, 0.3) is 0 Å². The van der Waals surface area contributed by atoms with Crippen molar-refractivity contribution in [3.05, 3.63) is 0 Å². The molecular formula is C12H25NO. The molecule has 0 heterocycles. The minimum absolute atomic E-state index is 0.511. The molecule has 0 spiro atoms. The molecular weight excluding hydrogens is 174 g/mol. The molecule has 0 aromatic carbocycles. The first-order chi connectivity index (χ1) is 6.83. The van der Waals surface area contributed by atoms with Crippen molar-refractivity contribution in [2.24, 2.45) is 5.92 Å². The SMILES string of the molecule is CCOCC(C)NCC1CCCCC1. The fourth-order valence-corrected chi connectivity index (χ4v) is 2.11. The van der Waals surface area contributed by atoms with E-state index in [9.17, 15) is 0 Å². The number of hydrogen-bond acceptors (Lipinski definition) is 2. The molecule has 1 aliphatic rings. The lowest BCUT2D eigenvalue weighted by atomic mass is 9.89. The number of nitrogens with one attached hydrogen (secondary N) is 1. The summed E-state index contributed by atoms with van der Waals surface area (Å²) in [5, 5.41) is 3.56. The average Bonchev–Trinajstić information content (AvgIpc) is 2.25. The standard InChI is InChI=1S/C12H25NO/c1-3-14-10-11(2)13-9-12-7-5-4-6-8-12/h11-13H,3-10H2,1-2H3. The van der Waals surface area contributed by atoms with Gasteiger partial charge in [0.05, 0.1) is 6.61 Å². The summed E-state index contributed by atoms with van der Waals surface area (Å²) in [7, 11) is 0. The lowest BCUT2D eigenvalue weighted by Gasteiger charge is -2.23. The van der Waals surface area contributed by atoms with Crippen molar-refractivity contribution in [2.45, 2.75) is 52.0 Å². The summed E-state index contributed by atoms with van der Waals surface area (Å²) in [6.45, 7) is 7.12. The van der Waals surface area contributed by atoms with Crippen LogP contribution in [-0.4, -0.2) is 25.8 Å². The van der Waals surface area contributed by atoms with E-state index in [2.05, 4.69) is 12.2 Å². The van der Waals surface area contributed by atoms with Crippen LogP contribution in [0.2, 0.25) is 0 Å². The van der Waals surface area contributed by atoms with E-state index in [0.717, 1.165) is 19.1 Å². The van der Waals surface area contributed by atoms with E-state index in [0.29, 0.717) is 6.04 Å². The Hall–Kier alpha value is -0.0800. The molecule has 0 aromatic rings. The van der Waals surface area contributed by atoms with Gasteiger partial charge in [0.2, 0.25) is 0 Å². The maximum Gasteiger partial charge on any atom is 0.0616 e. The molecule has 1 saturated carbocycles. The Balaban J connectivity index is 2.00. The first-order valence-electron chi connectivity index (χ1n) is 6.14. The highest BCUT2D eigenvalue weighted by atomic mass is 16.5. The molecule has 0 aliphatic heterocycles. The maximum atomic E-state index is 5.37. The maximum absolute atomic E-state index is 5.37. The normalized spacial score (nSPS) is 21.0. The molecule has 2 nitrogen and oxygen atoms in total. The van der Waals surface area contributed by atoms with Gasteiger partial charge in [-0.15, -0.1) is 0 Å². The topological polar surface area (TPSA) is 21.3 Å². The Morgan fingerprint density at radius 1 is 1.29 bits per heavy atom. The molecule has 14 heavy (non-hydrogen) atoms. The average molecular weight is 199 g/mol. The fraction of sp³-hybridized carbons (Fsp3) is 1.00. The predicted octanol–water partition coefficient (Wildman–Crippen LogP) is 2.58. The van der Waals surface area contributed by atoms with Gasteiger partial charge in [-0.2, -0.15) is 0 Å². The van der Waals surface area contributed by atoms with Gasteiger partial charge in [0.25, 0.3) is 0 Å². The highest BCUT2D eigenvalue weighted by Crippen LogP contribution is 2.22. The second kappa shape index (κ2) is 7.24. The van der Waals surface area contributed by atoms with E-state index in [4.69, 9.17) is 4.74 Å². The van der Waals surface area contributed by atoms with Crippen molar-refractivity contribution < 1.29 is 4.74 Å². The molecule has 0 saturated heterocycles. The van der Waals surface area contributed by atoms with Gasteiger partial charge in [-0.3, -0.25) is 0 Å². The zero-order chi connectivity index (χ0) is 10.2. The second-order valence-electron chi connectivity index (χ2n) is 4.47. The lowest BCUT2D eigenvalue weighted by molar-refractivity contribution is 0.125. The van der Waals surface area contributed by atoms with Gasteiger partial charge < -0.3 is 10.1 Å². The first-order valence-corrected chi connectivity index (χ1v) is 6.14. The Morgan fingerprint density at radius 2 is 2.00 bits per heavy atom. The van der Waals surface area contributed by atoms with Gasteiger partial charge in [-0.1, -0.05) is 19.3 Å². The Morgan fingerprint density at radius 3 is 2.64 bits per heavy atom. The first kappa shape index (κ1) is 12.0. The highest BCUT2D eigenvalue weighted by Gasteiger charge is 2.13. The zero-order valence-corrected chi connectivity index (χ0v) is 9.72. The van der Waals surface area contributed by atoms with Crippen LogP contribution in [0, 0.1) is 5.92 Å². The van der Waals surface area contributed by atoms with Crippen LogP contribution in [0.5, 0.6) is 0 Å². The van der Waals surface area contributed by atoms with E-state index in [1.54, 1.807) is 0 Å². The molecule has 1 atom stereocenters. The van der Waals surface area contributed by atoms with Crippen molar-refractivity contribution in [1.29, 1.82) is 0 Å². The van der Waals surface area contributed by atoms with Crippen molar-refractivity contribution in [1.82, 2.24) is 5.32 Å². The molecule has 0 bridgehead atoms. The largest absolute Gasteiger partial charge is 0.380 e. The summed E-state index contributed by atoms with van der Waals surface area (Å²) >= 11 is 0. The van der Waals surface area contributed by atoms with Crippen LogP contribution in [0.4, 0.5) is 0 Å². The molecule has 1 unspecified atom stereocenters. The molecule has 0 radical (unpaired) electrons. The van der Waals surface area contributed by atoms with E-state index >= 15 is 0 Å². The van der Waals surface area contributed by atoms with Gasteiger partial charge in [-0.05, 0) is 39.2 Å². The van der Waals surface area contributed by atoms with Crippen LogP contribution in [0.1, 0.15) is 46.0 Å². The zero-order valence-electron chi connectivity index (χ0n) is 9.72. The van der Waals surface area contributed by atoms with Gasteiger partial charge in [-0.25, -0.2) is 0 Å². The van der Waals surface area contributed by atoms with Crippen molar-refractivity contribution in [2.75, 3.05) is 19.8 Å². The summed E-state index contributed by atoms with van der Waals surface area (Å²) in [5.74, 6) is 0.924. The Bertz CT molecular complexity index is 132. The van der Waals surface area contributed by atoms with E-state index in [1.165, 1.54) is 38.6 Å². The van der Waals surface area contributed by atoms with Crippen LogP contribution in [0.15, 0.2) is 0 Å². The molecule has 0 amide bonds. The molecule has 0 aromatic heterocycles. The third-order valence-corrected chi connectivity index (χ3v) is 3.05. The lowest BCUT2D eigenvalue weighted by Crippen LogP contribution is -2.35. The molecule has 1 rings (SSSR count). The van der Waals surface area contributed by atoms with E-state index in [1.807, 2.05) is 6.92 Å². The minimum atomic E-state index is 0.511. The number of ether oxygens (including phenoxy) is 1. The monoisotopic (exact) mass is 199 g/mol. The van der Waals surface area contributed by atoms with Crippen LogP contribution in [-0.2, 0) is 4.74 Å². The second-order valence-corrected chi connectivity index (χ2v) is 4.47. The summed E-state index contributed by atoms with van der Waals surface area (Å²) in [6.07, 6.45) is 7.17. The van der Waals surface area contributed by atoms with Gasteiger partial charge in [0, 0.05) is 12.6 Å². The summed E-state index contributed by atoms with van der Waals surface area (Å²) in [5.41, 5.74) is 0. The fourth-order valence-electron chi connectivity index (χ4n) is 2.11. The summed E-state index contributed by atoms with van der Waals surface area (Å²) in [4.78, 5) is 0. The van der Waals surface area contributed by atoms with Crippen LogP contribution < -0.4 is 5.32 Å². The number of rotatable bonds is 6.